The molecule has 1 amide bonds. The van der Waals surface area contributed by atoms with Gasteiger partial charge in [0.1, 0.15) is 17.8 Å². The second-order valence-electron chi connectivity index (χ2n) is 4.66. The number of carbonyl (C=O) groups excluding carboxylic acids is 1. The molecule has 1 saturated carbocycles. The topological polar surface area (TPSA) is 76.1 Å². The summed E-state index contributed by atoms with van der Waals surface area (Å²) in [6.45, 7) is 1.24. The summed E-state index contributed by atoms with van der Waals surface area (Å²) >= 11 is 0. The van der Waals surface area contributed by atoms with Crippen LogP contribution in [0.1, 0.15) is 36.2 Å². The zero-order valence-corrected chi connectivity index (χ0v) is 11.2. The lowest BCUT2D eigenvalue weighted by Crippen LogP contribution is -2.33. The molecule has 2 N–H and O–H groups in total. The second-order valence-corrected chi connectivity index (χ2v) is 4.66. The number of aromatic nitrogens is 2. The molecule has 1 fully saturated rings. The first-order valence-corrected chi connectivity index (χ1v) is 6.65. The third-order valence-electron chi connectivity index (χ3n) is 3.20. The molecule has 0 aliphatic heterocycles. The molecule has 1 aromatic heterocycles. The van der Waals surface area contributed by atoms with Gasteiger partial charge < -0.3 is 15.4 Å². The van der Waals surface area contributed by atoms with Gasteiger partial charge in [0.15, 0.2) is 0 Å². The molecular formula is C13H20N4O2. The Morgan fingerprint density at radius 3 is 2.95 bits per heavy atom. The van der Waals surface area contributed by atoms with Crippen LogP contribution < -0.4 is 10.6 Å². The lowest BCUT2D eigenvalue weighted by Gasteiger charge is -2.11. The quantitative estimate of drug-likeness (QED) is 0.755. The standard InChI is InChI=1S/C13H20N4O2/c1-19-7-6-14-12-8-11(15-9-16-12)13(18)17-10-4-2-3-5-10/h8-10H,2-7H2,1H3,(H,17,18)(H,14,15,16). The van der Waals surface area contributed by atoms with Crippen molar-refractivity contribution in [1.82, 2.24) is 15.3 Å². The molecule has 0 bridgehead atoms. The molecule has 1 aromatic rings. The molecule has 19 heavy (non-hydrogen) atoms. The molecule has 1 aliphatic rings. The van der Waals surface area contributed by atoms with Crippen LogP contribution in [0.15, 0.2) is 12.4 Å². The molecular weight excluding hydrogens is 244 g/mol. The molecule has 6 heteroatoms. The van der Waals surface area contributed by atoms with Crippen LogP contribution in [0.25, 0.3) is 0 Å². The van der Waals surface area contributed by atoms with Crippen LogP contribution in [0.5, 0.6) is 0 Å². The molecule has 1 heterocycles. The number of anilines is 1. The molecule has 0 unspecified atom stereocenters. The molecule has 0 aromatic carbocycles. The zero-order valence-electron chi connectivity index (χ0n) is 11.2. The minimum absolute atomic E-state index is 0.121. The van der Waals surface area contributed by atoms with E-state index >= 15 is 0 Å². The van der Waals surface area contributed by atoms with Gasteiger partial charge in [0.05, 0.1) is 6.61 Å². The first-order valence-electron chi connectivity index (χ1n) is 6.65. The van der Waals surface area contributed by atoms with E-state index in [0.717, 1.165) is 12.8 Å². The van der Waals surface area contributed by atoms with Crippen molar-refractivity contribution in [2.45, 2.75) is 31.7 Å². The highest BCUT2D eigenvalue weighted by Crippen LogP contribution is 2.18. The normalized spacial score (nSPS) is 15.4. The number of hydrogen-bond donors (Lipinski definition) is 2. The second kappa shape index (κ2) is 7.04. The van der Waals surface area contributed by atoms with E-state index in [1.165, 1.54) is 19.2 Å². The van der Waals surface area contributed by atoms with Crippen LogP contribution in [0.2, 0.25) is 0 Å². The minimum Gasteiger partial charge on any atom is -0.383 e. The van der Waals surface area contributed by atoms with Crippen molar-refractivity contribution in [3.8, 4) is 0 Å². The predicted molar refractivity (Wildman–Crippen MR) is 72.1 cm³/mol. The number of nitrogens with one attached hydrogen (secondary N) is 2. The van der Waals surface area contributed by atoms with Crippen molar-refractivity contribution in [2.24, 2.45) is 0 Å². The third kappa shape index (κ3) is 4.17. The van der Waals surface area contributed by atoms with Crippen molar-refractivity contribution in [3.63, 3.8) is 0 Å². The number of amides is 1. The van der Waals surface area contributed by atoms with E-state index in [4.69, 9.17) is 4.74 Å². The fourth-order valence-corrected chi connectivity index (χ4v) is 2.19. The number of rotatable bonds is 6. The average molecular weight is 264 g/mol. The minimum atomic E-state index is -0.121. The number of nitrogens with zero attached hydrogens (tertiary/aromatic N) is 2. The van der Waals surface area contributed by atoms with E-state index in [0.29, 0.717) is 30.7 Å². The highest BCUT2D eigenvalue weighted by molar-refractivity contribution is 5.93. The van der Waals surface area contributed by atoms with E-state index in [1.807, 2.05) is 0 Å². The predicted octanol–water partition coefficient (Wildman–Crippen LogP) is 1.21. The number of carbonyl (C=O) groups is 1. The Kier molecular flexibility index (Phi) is 5.09. The fraction of sp³-hybridized carbons (Fsp3) is 0.615. The summed E-state index contributed by atoms with van der Waals surface area (Å²) in [6.07, 6.45) is 5.92. The van der Waals surface area contributed by atoms with Gasteiger partial charge in [-0.2, -0.15) is 0 Å². The Hall–Kier alpha value is -1.69. The van der Waals surface area contributed by atoms with Gasteiger partial charge >= 0.3 is 0 Å². The Bertz CT molecular complexity index is 419. The summed E-state index contributed by atoms with van der Waals surface area (Å²) in [6, 6.07) is 1.97. The van der Waals surface area contributed by atoms with Crippen LogP contribution in [-0.2, 0) is 4.74 Å². The Morgan fingerprint density at radius 1 is 1.42 bits per heavy atom. The summed E-state index contributed by atoms with van der Waals surface area (Å²) in [5, 5.41) is 6.09. The lowest BCUT2D eigenvalue weighted by molar-refractivity contribution is 0.0932. The summed E-state index contributed by atoms with van der Waals surface area (Å²) in [7, 11) is 1.64. The van der Waals surface area contributed by atoms with Gasteiger partial charge in [0.25, 0.3) is 5.91 Å². The van der Waals surface area contributed by atoms with Gasteiger partial charge in [-0.25, -0.2) is 9.97 Å². The molecule has 6 nitrogen and oxygen atoms in total. The highest BCUT2D eigenvalue weighted by Gasteiger charge is 2.18. The van der Waals surface area contributed by atoms with E-state index in [1.54, 1.807) is 13.2 Å². The average Bonchev–Trinajstić information content (AvgIpc) is 2.92. The maximum absolute atomic E-state index is 12.0. The molecule has 1 aliphatic carbocycles. The molecule has 0 radical (unpaired) electrons. The smallest absolute Gasteiger partial charge is 0.270 e. The van der Waals surface area contributed by atoms with Crippen molar-refractivity contribution in [2.75, 3.05) is 25.6 Å². The molecule has 0 spiro atoms. The van der Waals surface area contributed by atoms with Crippen LogP contribution in [0.3, 0.4) is 0 Å². The largest absolute Gasteiger partial charge is 0.383 e. The summed E-state index contributed by atoms with van der Waals surface area (Å²) < 4.78 is 4.94. The van der Waals surface area contributed by atoms with Crippen LogP contribution in [0, 0.1) is 0 Å². The van der Waals surface area contributed by atoms with Crippen molar-refractivity contribution >= 4 is 11.7 Å². The number of ether oxygens (including phenoxy) is 1. The van der Waals surface area contributed by atoms with Gasteiger partial charge in [-0.05, 0) is 12.8 Å². The van der Waals surface area contributed by atoms with Gasteiger partial charge in [0.2, 0.25) is 0 Å². The summed E-state index contributed by atoms with van der Waals surface area (Å²) in [5.74, 6) is 0.521. The Balaban J connectivity index is 1.91. The lowest BCUT2D eigenvalue weighted by atomic mass is 10.2. The molecule has 0 saturated heterocycles. The van der Waals surface area contributed by atoms with E-state index in [-0.39, 0.29) is 5.91 Å². The van der Waals surface area contributed by atoms with E-state index in [2.05, 4.69) is 20.6 Å². The molecule has 0 atom stereocenters. The number of hydrogen-bond acceptors (Lipinski definition) is 5. The summed E-state index contributed by atoms with van der Waals surface area (Å²) in [4.78, 5) is 20.1. The molecule has 104 valence electrons. The fourth-order valence-electron chi connectivity index (χ4n) is 2.19. The highest BCUT2D eigenvalue weighted by atomic mass is 16.5. The maximum Gasteiger partial charge on any atom is 0.270 e. The first-order chi connectivity index (χ1) is 9.29. The van der Waals surface area contributed by atoms with Crippen LogP contribution in [0.4, 0.5) is 5.82 Å². The summed E-state index contributed by atoms with van der Waals surface area (Å²) in [5.41, 5.74) is 0.404. The SMILES string of the molecule is COCCNc1cc(C(=O)NC2CCCC2)ncn1. The van der Waals surface area contributed by atoms with E-state index < -0.39 is 0 Å². The van der Waals surface area contributed by atoms with Gasteiger partial charge in [-0.3, -0.25) is 4.79 Å². The van der Waals surface area contributed by atoms with Crippen LogP contribution in [-0.4, -0.2) is 42.2 Å². The van der Waals surface area contributed by atoms with E-state index in [9.17, 15) is 4.79 Å². The van der Waals surface area contributed by atoms with Crippen molar-refractivity contribution in [3.05, 3.63) is 18.1 Å². The number of methoxy groups -OCH3 is 1. The van der Waals surface area contributed by atoms with Crippen molar-refractivity contribution < 1.29 is 9.53 Å². The zero-order chi connectivity index (χ0) is 13.5. The van der Waals surface area contributed by atoms with Gasteiger partial charge in [0, 0.05) is 25.8 Å². The maximum atomic E-state index is 12.0. The van der Waals surface area contributed by atoms with Gasteiger partial charge in [-0.1, -0.05) is 12.8 Å². The Morgan fingerprint density at radius 2 is 2.21 bits per heavy atom. The monoisotopic (exact) mass is 264 g/mol. The van der Waals surface area contributed by atoms with Crippen LogP contribution >= 0.6 is 0 Å². The molecule has 2 rings (SSSR count). The Labute approximate surface area is 113 Å². The third-order valence-corrected chi connectivity index (χ3v) is 3.20. The first kappa shape index (κ1) is 13.7. The van der Waals surface area contributed by atoms with Gasteiger partial charge in [-0.15, -0.1) is 0 Å². The van der Waals surface area contributed by atoms with Crippen molar-refractivity contribution in [1.29, 1.82) is 0 Å².